The van der Waals surface area contributed by atoms with Crippen LogP contribution in [0.25, 0.3) is 5.69 Å². The summed E-state index contributed by atoms with van der Waals surface area (Å²) in [6, 6.07) is 9.90. The number of carbonyl (C=O) groups excluding carboxylic acids is 2. The standard InChI is InChI=1S/C21H25NO4S/c1-14-4-6-17(7-5-14)22-15(2)12-18(16(22)3)19(23)13-26-20(24)21(25)8-10-27-11-9-21/h4-7,12,25H,8-11,13H2,1-3H3. The number of hydrogen-bond acceptors (Lipinski definition) is 5. The van der Waals surface area contributed by atoms with Gasteiger partial charge in [0.15, 0.2) is 12.2 Å². The molecular formula is C21H25NO4S. The molecule has 3 rings (SSSR count). The predicted octanol–water partition coefficient (Wildman–Crippen LogP) is 3.39. The smallest absolute Gasteiger partial charge is 0.338 e. The van der Waals surface area contributed by atoms with Crippen molar-refractivity contribution in [1.29, 1.82) is 0 Å². The highest BCUT2D eigenvalue weighted by Gasteiger charge is 2.39. The van der Waals surface area contributed by atoms with Gasteiger partial charge in [-0.1, -0.05) is 17.7 Å². The van der Waals surface area contributed by atoms with E-state index in [4.69, 9.17) is 4.74 Å². The highest BCUT2D eigenvalue weighted by molar-refractivity contribution is 7.99. The average molecular weight is 388 g/mol. The number of aryl methyl sites for hydroxylation is 2. The number of thioether (sulfide) groups is 1. The van der Waals surface area contributed by atoms with Crippen molar-refractivity contribution in [1.82, 2.24) is 4.57 Å². The fourth-order valence-electron chi connectivity index (χ4n) is 3.39. The molecule has 0 saturated carbocycles. The van der Waals surface area contributed by atoms with Crippen LogP contribution in [0, 0.1) is 20.8 Å². The van der Waals surface area contributed by atoms with Gasteiger partial charge in [-0.2, -0.15) is 11.8 Å². The van der Waals surface area contributed by atoms with E-state index in [1.54, 1.807) is 11.8 Å². The number of hydrogen-bond donors (Lipinski definition) is 1. The third kappa shape index (κ3) is 4.12. The molecule has 1 saturated heterocycles. The van der Waals surface area contributed by atoms with E-state index in [1.807, 2.05) is 55.7 Å². The Hall–Kier alpha value is -2.05. The summed E-state index contributed by atoms with van der Waals surface area (Å²) in [5, 5.41) is 10.4. The molecule has 27 heavy (non-hydrogen) atoms. The molecule has 0 aliphatic carbocycles. The second kappa shape index (κ2) is 7.90. The van der Waals surface area contributed by atoms with E-state index >= 15 is 0 Å². The highest BCUT2D eigenvalue weighted by Crippen LogP contribution is 2.28. The highest BCUT2D eigenvalue weighted by atomic mass is 32.2. The summed E-state index contributed by atoms with van der Waals surface area (Å²) >= 11 is 1.70. The van der Waals surface area contributed by atoms with Gasteiger partial charge in [0.1, 0.15) is 0 Å². The Morgan fingerprint density at radius 1 is 1.15 bits per heavy atom. The van der Waals surface area contributed by atoms with E-state index in [0.29, 0.717) is 18.4 Å². The van der Waals surface area contributed by atoms with Crippen LogP contribution in [0.2, 0.25) is 0 Å². The van der Waals surface area contributed by atoms with Crippen LogP contribution < -0.4 is 0 Å². The Kier molecular flexibility index (Phi) is 5.77. The molecule has 0 bridgehead atoms. The minimum absolute atomic E-state index is 0.261. The number of aromatic nitrogens is 1. The van der Waals surface area contributed by atoms with E-state index in [1.165, 1.54) is 5.56 Å². The largest absolute Gasteiger partial charge is 0.455 e. The zero-order chi connectivity index (χ0) is 19.6. The second-order valence-electron chi connectivity index (χ2n) is 7.10. The first-order chi connectivity index (χ1) is 12.8. The third-order valence-corrected chi connectivity index (χ3v) is 6.04. The Morgan fingerprint density at radius 3 is 2.41 bits per heavy atom. The Morgan fingerprint density at radius 2 is 1.78 bits per heavy atom. The second-order valence-corrected chi connectivity index (χ2v) is 8.32. The fraction of sp³-hybridized carbons (Fsp3) is 0.429. The topological polar surface area (TPSA) is 68.5 Å². The summed E-state index contributed by atoms with van der Waals surface area (Å²) in [5.41, 5.74) is 2.99. The molecule has 0 atom stereocenters. The minimum atomic E-state index is -1.45. The summed E-state index contributed by atoms with van der Waals surface area (Å²) in [6.45, 7) is 5.50. The molecule has 0 radical (unpaired) electrons. The molecule has 1 aliphatic heterocycles. The van der Waals surface area contributed by atoms with Crippen molar-refractivity contribution >= 4 is 23.5 Å². The number of Topliss-reactive ketones (excluding diaryl/α,β-unsaturated/α-hetero) is 1. The lowest BCUT2D eigenvalue weighted by Gasteiger charge is -2.29. The molecule has 6 heteroatoms. The molecule has 2 aromatic rings. The zero-order valence-electron chi connectivity index (χ0n) is 15.9. The monoisotopic (exact) mass is 387 g/mol. The molecule has 5 nitrogen and oxygen atoms in total. The lowest BCUT2D eigenvalue weighted by molar-refractivity contribution is -0.165. The van der Waals surface area contributed by atoms with Gasteiger partial charge in [-0.05, 0) is 63.3 Å². The Balaban J connectivity index is 1.73. The summed E-state index contributed by atoms with van der Waals surface area (Å²) in [6.07, 6.45) is 0.735. The number of carbonyl (C=O) groups is 2. The molecule has 0 spiro atoms. The van der Waals surface area contributed by atoms with Crippen LogP contribution in [0.3, 0.4) is 0 Å². The minimum Gasteiger partial charge on any atom is -0.455 e. The summed E-state index contributed by atoms with van der Waals surface area (Å²) in [7, 11) is 0. The number of ketones is 1. The summed E-state index contributed by atoms with van der Waals surface area (Å²) < 4.78 is 7.18. The van der Waals surface area contributed by atoms with Gasteiger partial charge in [0.05, 0.1) is 0 Å². The maximum Gasteiger partial charge on any atom is 0.338 e. The molecule has 1 aliphatic rings. The first-order valence-electron chi connectivity index (χ1n) is 9.08. The first-order valence-corrected chi connectivity index (χ1v) is 10.2. The predicted molar refractivity (Wildman–Crippen MR) is 107 cm³/mol. The van der Waals surface area contributed by atoms with Gasteiger partial charge < -0.3 is 14.4 Å². The van der Waals surface area contributed by atoms with Gasteiger partial charge in [0.2, 0.25) is 5.78 Å². The van der Waals surface area contributed by atoms with Crippen LogP contribution in [0.1, 0.15) is 40.2 Å². The van der Waals surface area contributed by atoms with Gasteiger partial charge >= 0.3 is 5.97 Å². The van der Waals surface area contributed by atoms with Gasteiger partial charge in [-0.3, -0.25) is 4.79 Å². The van der Waals surface area contributed by atoms with Crippen molar-refractivity contribution < 1.29 is 19.4 Å². The molecule has 2 heterocycles. The maximum atomic E-state index is 12.6. The maximum absolute atomic E-state index is 12.6. The normalized spacial score (nSPS) is 16.1. The van der Waals surface area contributed by atoms with Gasteiger partial charge in [0, 0.05) is 22.6 Å². The van der Waals surface area contributed by atoms with Crippen LogP contribution in [-0.4, -0.2) is 45.1 Å². The van der Waals surface area contributed by atoms with E-state index in [0.717, 1.165) is 28.6 Å². The van der Waals surface area contributed by atoms with Crippen LogP contribution in [0.15, 0.2) is 30.3 Å². The zero-order valence-corrected chi connectivity index (χ0v) is 16.8. The van der Waals surface area contributed by atoms with Crippen molar-refractivity contribution in [3.63, 3.8) is 0 Å². The van der Waals surface area contributed by atoms with Gasteiger partial charge in [-0.15, -0.1) is 0 Å². The number of benzene rings is 1. The molecule has 144 valence electrons. The molecule has 0 unspecified atom stereocenters. The van der Waals surface area contributed by atoms with Crippen molar-refractivity contribution in [2.45, 2.75) is 39.2 Å². The van der Waals surface area contributed by atoms with Crippen molar-refractivity contribution in [3.8, 4) is 5.69 Å². The van der Waals surface area contributed by atoms with Gasteiger partial charge in [-0.25, -0.2) is 4.79 Å². The molecule has 0 amide bonds. The van der Waals surface area contributed by atoms with E-state index in [2.05, 4.69) is 0 Å². The number of ether oxygens (including phenoxy) is 1. The van der Waals surface area contributed by atoms with Crippen molar-refractivity contribution in [2.75, 3.05) is 18.1 Å². The van der Waals surface area contributed by atoms with Crippen molar-refractivity contribution in [2.24, 2.45) is 0 Å². The quantitative estimate of drug-likeness (QED) is 0.629. The summed E-state index contributed by atoms with van der Waals surface area (Å²) in [5.74, 6) is 0.487. The number of aliphatic hydroxyl groups is 1. The molecule has 1 fully saturated rings. The van der Waals surface area contributed by atoms with Crippen LogP contribution in [-0.2, 0) is 9.53 Å². The third-order valence-electron chi connectivity index (χ3n) is 5.06. The molecule has 1 N–H and O–H groups in total. The molecular weight excluding hydrogens is 362 g/mol. The van der Waals surface area contributed by atoms with Crippen molar-refractivity contribution in [3.05, 3.63) is 52.8 Å². The Labute approximate surface area is 163 Å². The molecule has 1 aromatic heterocycles. The average Bonchev–Trinajstić information content (AvgIpc) is 2.95. The van der Waals surface area contributed by atoms with E-state index in [9.17, 15) is 14.7 Å². The number of rotatable bonds is 5. The van der Waals surface area contributed by atoms with Gasteiger partial charge in [0.25, 0.3) is 0 Å². The number of nitrogens with zero attached hydrogens (tertiary/aromatic N) is 1. The lowest BCUT2D eigenvalue weighted by Crippen LogP contribution is -2.43. The SMILES string of the molecule is Cc1ccc(-n2c(C)cc(C(=O)COC(=O)C3(O)CCSCC3)c2C)cc1. The van der Waals surface area contributed by atoms with E-state index in [-0.39, 0.29) is 12.4 Å². The van der Waals surface area contributed by atoms with Crippen LogP contribution in [0.5, 0.6) is 0 Å². The fourth-order valence-corrected chi connectivity index (χ4v) is 4.56. The molecule has 1 aromatic carbocycles. The number of esters is 1. The first kappa shape index (κ1) is 19.7. The summed E-state index contributed by atoms with van der Waals surface area (Å²) in [4.78, 5) is 24.9. The van der Waals surface area contributed by atoms with E-state index < -0.39 is 11.6 Å². The van der Waals surface area contributed by atoms with Crippen LogP contribution >= 0.6 is 11.8 Å². The van der Waals surface area contributed by atoms with Crippen LogP contribution in [0.4, 0.5) is 0 Å². The lowest BCUT2D eigenvalue weighted by atomic mass is 9.97. The Bertz CT molecular complexity index is 848.